The van der Waals surface area contributed by atoms with E-state index in [1.54, 1.807) is 0 Å². The molecule has 7 nitrogen and oxygen atoms in total. The van der Waals surface area contributed by atoms with Gasteiger partial charge in [0, 0.05) is 51.0 Å². The summed E-state index contributed by atoms with van der Waals surface area (Å²) in [7, 11) is 0. The fourth-order valence-corrected chi connectivity index (χ4v) is 4.21. The number of anilines is 1. The normalized spacial score (nSPS) is 16.5. The van der Waals surface area contributed by atoms with Crippen molar-refractivity contribution in [1.82, 2.24) is 5.32 Å². The first kappa shape index (κ1) is 25.0. The maximum atomic E-state index is 14.5. The smallest absolute Gasteiger partial charge is 0.251 e. The molecule has 0 bridgehead atoms. The minimum Gasteiger partial charge on any atom is -0.348 e. The molecule has 184 valence electrons. The van der Waals surface area contributed by atoms with Crippen molar-refractivity contribution in [3.05, 3.63) is 110 Å². The number of amides is 2. The van der Waals surface area contributed by atoms with Gasteiger partial charge in [0.05, 0.1) is 6.54 Å². The molecule has 3 aromatic rings. The third-order valence-electron chi connectivity index (χ3n) is 5.89. The summed E-state index contributed by atoms with van der Waals surface area (Å²) in [6.45, 7) is 0.499. The Hall–Kier alpha value is -4.08. The summed E-state index contributed by atoms with van der Waals surface area (Å²) in [5.41, 5.74) is 7.29. The van der Waals surface area contributed by atoms with Crippen molar-refractivity contribution in [1.29, 1.82) is 0 Å². The van der Waals surface area contributed by atoms with Crippen molar-refractivity contribution in [2.75, 3.05) is 4.90 Å². The fourth-order valence-electron chi connectivity index (χ4n) is 3.99. The number of rotatable bonds is 6. The number of nitrogens with one attached hydrogen (secondary N) is 1. The Morgan fingerprint density at radius 1 is 1.08 bits per heavy atom. The number of carbonyl (C=O) groups is 2. The topological polar surface area (TPSA) is 98.2 Å². The van der Waals surface area contributed by atoms with E-state index >= 15 is 0 Å². The highest BCUT2D eigenvalue weighted by atomic mass is 35.5. The van der Waals surface area contributed by atoms with Crippen LogP contribution >= 0.6 is 11.6 Å². The highest BCUT2D eigenvalue weighted by Crippen LogP contribution is 2.44. The third-order valence-corrected chi connectivity index (χ3v) is 6.25. The third kappa shape index (κ3) is 4.34. The SMILES string of the molecule is CC1(N=[N+]=[N-])C(=O)N(Cc2c(F)cccc2Cl)c2cc(C(=O)NCc3c(F)cc(F)cc3F)ccc21. The van der Waals surface area contributed by atoms with E-state index in [0.717, 1.165) is 4.90 Å². The van der Waals surface area contributed by atoms with Gasteiger partial charge in [-0.1, -0.05) is 28.8 Å². The molecule has 1 aliphatic rings. The highest BCUT2D eigenvalue weighted by Gasteiger charge is 2.47. The van der Waals surface area contributed by atoms with E-state index in [1.165, 1.54) is 43.3 Å². The Bertz CT molecular complexity index is 1420. The van der Waals surface area contributed by atoms with Crippen molar-refractivity contribution < 1.29 is 27.2 Å². The quantitative estimate of drug-likeness (QED) is 0.191. The molecule has 2 amide bonds. The summed E-state index contributed by atoms with van der Waals surface area (Å²) < 4.78 is 55.4. The molecule has 36 heavy (non-hydrogen) atoms. The molecule has 1 aliphatic heterocycles. The molecule has 0 spiro atoms. The number of hydrogen-bond acceptors (Lipinski definition) is 3. The van der Waals surface area contributed by atoms with Crippen molar-refractivity contribution >= 4 is 29.1 Å². The summed E-state index contributed by atoms with van der Waals surface area (Å²) in [6, 6.07) is 9.07. The van der Waals surface area contributed by atoms with Crippen molar-refractivity contribution in [2.24, 2.45) is 5.11 Å². The van der Waals surface area contributed by atoms with Crippen LogP contribution < -0.4 is 10.2 Å². The van der Waals surface area contributed by atoms with Crippen LogP contribution in [0.3, 0.4) is 0 Å². The Kier molecular flexibility index (Phi) is 6.62. The molecule has 0 aliphatic carbocycles. The van der Waals surface area contributed by atoms with Gasteiger partial charge in [0.2, 0.25) is 5.91 Å². The van der Waals surface area contributed by atoms with E-state index in [2.05, 4.69) is 15.3 Å². The number of hydrogen-bond donors (Lipinski definition) is 1. The van der Waals surface area contributed by atoms with E-state index in [4.69, 9.17) is 17.1 Å². The Morgan fingerprint density at radius 3 is 2.42 bits per heavy atom. The largest absolute Gasteiger partial charge is 0.348 e. The minimum absolute atomic E-state index is 0.000652. The molecular weight excluding hydrogens is 502 g/mol. The lowest BCUT2D eigenvalue weighted by atomic mass is 9.94. The summed E-state index contributed by atoms with van der Waals surface area (Å²) in [4.78, 5) is 29.9. The Labute approximate surface area is 206 Å². The van der Waals surface area contributed by atoms with Gasteiger partial charge in [-0.15, -0.1) is 0 Å². The standard InChI is InChI=1S/C24H16ClF4N5O2/c1-24(32-33-30)16-6-5-12(22(35)31-10-14-19(28)8-13(26)9-20(14)29)7-21(16)34(23(24)36)11-15-17(25)3-2-4-18(15)27/h2-9H,10-11H2,1H3,(H,31,35). The number of nitrogens with zero attached hydrogens (tertiary/aromatic N) is 4. The number of carbonyl (C=O) groups excluding carboxylic acids is 2. The molecule has 0 fully saturated rings. The zero-order valence-corrected chi connectivity index (χ0v) is 19.3. The zero-order valence-electron chi connectivity index (χ0n) is 18.5. The van der Waals surface area contributed by atoms with Crippen LogP contribution in [0.4, 0.5) is 23.2 Å². The molecule has 3 aromatic carbocycles. The molecule has 0 saturated heterocycles. The number of fused-ring (bicyclic) bond motifs is 1. The van der Waals surface area contributed by atoms with E-state index in [-0.39, 0.29) is 33.9 Å². The van der Waals surface area contributed by atoms with Gasteiger partial charge in [0.15, 0.2) is 5.54 Å². The summed E-state index contributed by atoms with van der Waals surface area (Å²) >= 11 is 6.12. The van der Waals surface area contributed by atoms with Crippen LogP contribution in [0.25, 0.3) is 10.4 Å². The van der Waals surface area contributed by atoms with Gasteiger partial charge in [0.1, 0.15) is 23.3 Å². The average Bonchev–Trinajstić information content (AvgIpc) is 3.02. The van der Waals surface area contributed by atoms with Gasteiger partial charge in [-0.2, -0.15) is 0 Å². The fraction of sp³-hybridized carbons (Fsp3) is 0.167. The second-order valence-corrected chi connectivity index (χ2v) is 8.52. The Morgan fingerprint density at radius 2 is 1.78 bits per heavy atom. The van der Waals surface area contributed by atoms with Crippen LogP contribution in [0.2, 0.25) is 5.02 Å². The first-order chi connectivity index (χ1) is 17.1. The van der Waals surface area contributed by atoms with Gasteiger partial charge in [-0.25, -0.2) is 17.6 Å². The Balaban J connectivity index is 1.69. The average molecular weight is 518 g/mol. The number of azide groups is 1. The van der Waals surface area contributed by atoms with E-state index in [0.29, 0.717) is 12.1 Å². The lowest BCUT2D eigenvalue weighted by Crippen LogP contribution is -2.36. The van der Waals surface area contributed by atoms with Gasteiger partial charge in [-0.05, 0) is 42.3 Å². The summed E-state index contributed by atoms with van der Waals surface area (Å²) in [5.74, 6) is -5.50. The maximum Gasteiger partial charge on any atom is 0.251 e. The zero-order chi connectivity index (χ0) is 26.2. The van der Waals surface area contributed by atoms with Crippen LogP contribution in [0.15, 0.2) is 53.6 Å². The minimum atomic E-state index is -1.67. The molecule has 1 heterocycles. The van der Waals surface area contributed by atoms with Crippen LogP contribution in [0.1, 0.15) is 34.0 Å². The predicted molar refractivity (Wildman–Crippen MR) is 123 cm³/mol. The predicted octanol–water partition coefficient (Wildman–Crippen LogP) is 5.90. The van der Waals surface area contributed by atoms with Gasteiger partial charge in [-0.3, -0.25) is 9.59 Å². The van der Waals surface area contributed by atoms with E-state index < -0.39 is 52.7 Å². The lowest BCUT2D eigenvalue weighted by molar-refractivity contribution is -0.122. The molecule has 0 saturated carbocycles. The van der Waals surface area contributed by atoms with Crippen LogP contribution in [0, 0.1) is 23.3 Å². The molecule has 1 atom stereocenters. The maximum absolute atomic E-state index is 14.5. The first-order valence-electron chi connectivity index (χ1n) is 10.4. The molecule has 0 aromatic heterocycles. The molecule has 1 N–H and O–H groups in total. The molecule has 12 heteroatoms. The lowest BCUT2D eigenvalue weighted by Gasteiger charge is -2.21. The highest BCUT2D eigenvalue weighted by molar-refractivity contribution is 6.31. The first-order valence-corrected chi connectivity index (χ1v) is 10.8. The number of halogens is 5. The second-order valence-electron chi connectivity index (χ2n) is 8.12. The van der Waals surface area contributed by atoms with E-state index in [1.807, 2.05) is 0 Å². The molecule has 0 radical (unpaired) electrons. The second kappa shape index (κ2) is 9.52. The van der Waals surface area contributed by atoms with Gasteiger partial charge < -0.3 is 10.2 Å². The van der Waals surface area contributed by atoms with Gasteiger partial charge in [0.25, 0.3) is 5.91 Å². The van der Waals surface area contributed by atoms with Crippen LogP contribution in [-0.4, -0.2) is 11.8 Å². The van der Waals surface area contributed by atoms with Crippen molar-refractivity contribution in [3.63, 3.8) is 0 Å². The number of benzene rings is 3. The monoisotopic (exact) mass is 517 g/mol. The molecule has 4 rings (SSSR count). The van der Waals surface area contributed by atoms with Crippen molar-refractivity contribution in [2.45, 2.75) is 25.6 Å². The van der Waals surface area contributed by atoms with Gasteiger partial charge >= 0.3 is 0 Å². The molecule has 1 unspecified atom stereocenters. The van der Waals surface area contributed by atoms with Crippen molar-refractivity contribution in [3.8, 4) is 0 Å². The molecular formula is C24H16ClF4N5O2. The summed E-state index contributed by atoms with van der Waals surface area (Å²) in [5, 5.41) is 6.05. The van der Waals surface area contributed by atoms with Crippen LogP contribution in [-0.2, 0) is 23.4 Å². The van der Waals surface area contributed by atoms with Crippen LogP contribution in [0.5, 0.6) is 0 Å². The van der Waals surface area contributed by atoms with E-state index in [9.17, 15) is 27.2 Å². The summed E-state index contributed by atoms with van der Waals surface area (Å²) in [6.07, 6.45) is 0.